The van der Waals surface area contributed by atoms with Crippen LogP contribution < -0.4 is 11.1 Å². The average Bonchev–Trinajstić information content (AvgIpc) is 2.41. The van der Waals surface area contributed by atoms with Gasteiger partial charge in [0.25, 0.3) is 5.91 Å². The number of rotatable bonds is 2. The molecule has 0 saturated carbocycles. The molecule has 1 fully saturated rings. The number of nitrogen functional groups attached to an aromatic ring is 1. The van der Waals surface area contributed by atoms with Crippen molar-refractivity contribution in [1.29, 1.82) is 0 Å². The first-order valence-electron chi connectivity index (χ1n) is 6.59. The van der Waals surface area contributed by atoms with Gasteiger partial charge in [-0.2, -0.15) is 0 Å². The second kappa shape index (κ2) is 5.90. The number of hydrogen-bond donors (Lipinski definition) is 2. The second-order valence-corrected chi connectivity index (χ2v) is 5.00. The van der Waals surface area contributed by atoms with Crippen molar-refractivity contribution in [1.82, 2.24) is 10.2 Å². The molecule has 0 atom stereocenters. The summed E-state index contributed by atoms with van der Waals surface area (Å²) in [6.07, 6.45) is 1.42. The summed E-state index contributed by atoms with van der Waals surface area (Å²) in [7, 11) is 0. The third kappa shape index (κ3) is 3.26. The van der Waals surface area contributed by atoms with E-state index in [9.17, 15) is 14.0 Å². The van der Waals surface area contributed by atoms with Crippen LogP contribution in [0, 0.1) is 5.82 Å². The lowest BCUT2D eigenvalue weighted by Crippen LogP contribution is -2.46. The number of nitrogens with zero attached hydrogens (tertiary/aromatic N) is 1. The predicted octanol–water partition coefficient (Wildman–Crippen LogP) is 1.15. The predicted molar refractivity (Wildman–Crippen MR) is 73.6 cm³/mol. The highest BCUT2D eigenvalue weighted by atomic mass is 19.1. The Hall–Kier alpha value is -2.11. The lowest BCUT2D eigenvalue weighted by molar-refractivity contribution is -0.119. The summed E-state index contributed by atoms with van der Waals surface area (Å²) in [6, 6.07) is 4.20. The highest BCUT2D eigenvalue weighted by Crippen LogP contribution is 2.17. The molecule has 0 aliphatic carbocycles. The van der Waals surface area contributed by atoms with Crippen molar-refractivity contribution in [3.05, 3.63) is 29.6 Å². The Morgan fingerprint density at radius 3 is 2.55 bits per heavy atom. The first-order valence-corrected chi connectivity index (χ1v) is 6.59. The van der Waals surface area contributed by atoms with Crippen LogP contribution in [0.3, 0.4) is 0 Å². The number of halogens is 1. The quantitative estimate of drug-likeness (QED) is 0.797. The molecular formula is C14H18FN3O2. The fourth-order valence-corrected chi connectivity index (χ4v) is 2.36. The molecule has 0 bridgehead atoms. The highest BCUT2D eigenvalue weighted by Gasteiger charge is 2.24. The van der Waals surface area contributed by atoms with Gasteiger partial charge in [0.05, 0.1) is 5.69 Å². The number of anilines is 1. The third-order valence-corrected chi connectivity index (χ3v) is 3.44. The number of carbonyl (C=O) groups is 2. The second-order valence-electron chi connectivity index (χ2n) is 5.00. The molecule has 2 amide bonds. The van der Waals surface area contributed by atoms with Gasteiger partial charge >= 0.3 is 0 Å². The van der Waals surface area contributed by atoms with Gasteiger partial charge in [-0.15, -0.1) is 0 Å². The van der Waals surface area contributed by atoms with E-state index in [1.165, 1.54) is 19.1 Å². The molecule has 1 aliphatic rings. The molecule has 0 radical (unpaired) electrons. The minimum absolute atomic E-state index is 0.0333. The van der Waals surface area contributed by atoms with E-state index in [1.54, 1.807) is 4.90 Å². The fourth-order valence-electron chi connectivity index (χ4n) is 2.36. The standard InChI is InChI=1S/C14H18FN3O2/c1-9(19)17-11-4-6-18(7-5-11)14(20)10-2-3-13(16)12(15)8-10/h2-3,8,11H,4-7,16H2,1H3,(H,17,19). The number of nitrogens with one attached hydrogen (secondary N) is 1. The van der Waals surface area contributed by atoms with E-state index in [-0.39, 0.29) is 23.5 Å². The fraction of sp³-hybridized carbons (Fsp3) is 0.429. The largest absolute Gasteiger partial charge is 0.396 e. The Morgan fingerprint density at radius 2 is 2.00 bits per heavy atom. The van der Waals surface area contributed by atoms with Gasteiger partial charge in [0.1, 0.15) is 5.82 Å². The molecular weight excluding hydrogens is 261 g/mol. The first kappa shape index (κ1) is 14.3. The van der Waals surface area contributed by atoms with E-state index < -0.39 is 5.82 Å². The van der Waals surface area contributed by atoms with E-state index in [4.69, 9.17) is 5.73 Å². The number of nitrogens with two attached hydrogens (primary N) is 1. The molecule has 0 unspecified atom stereocenters. The number of benzene rings is 1. The van der Waals surface area contributed by atoms with Crippen LogP contribution in [0.15, 0.2) is 18.2 Å². The van der Waals surface area contributed by atoms with E-state index in [0.717, 1.165) is 6.07 Å². The van der Waals surface area contributed by atoms with Gasteiger partial charge in [-0.3, -0.25) is 9.59 Å². The van der Waals surface area contributed by atoms with Gasteiger partial charge in [0.15, 0.2) is 0 Å². The Morgan fingerprint density at radius 1 is 1.35 bits per heavy atom. The van der Waals surface area contributed by atoms with Crippen LogP contribution in [0.2, 0.25) is 0 Å². The van der Waals surface area contributed by atoms with Gasteiger partial charge in [-0.25, -0.2) is 4.39 Å². The molecule has 0 spiro atoms. The van der Waals surface area contributed by atoms with Gasteiger partial charge in [0.2, 0.25) is 5.91 Å². The summed E-state index contributed by atoms with van der Waals surface area (Å²) in [5, 5.41) is 2.84. The zero-order valence-electron chi connectivity index (χ0n) is 11.4. The van der Waals surface area contributed by atoms with Gasteiger partial charge in [-0.1, -0.05) is 0 Å². The number of carbonyl (C=O) groups excluding carboxylic acids is 2. The molecule has 6 heteroatoms. The summed E-state index contributed by atoms with van der Waals surface area (Å²) < 4.78 is 13.4. The Labute approximate surface area is 116 Å². The molecule has 108 valence electrons. The molecule has 5 nitrogen and oxygen atoms in total. The number of amides is 2. The maximum absolute atomic E-state index is 13.4. The summed E-state index contributed by atoms with van der Waals surface area (Å²) >= 11 is 0. The lowest BCUT2D eigenvalue weighted by atomic mass is 10.0. The molecule has 1 saturated heterocycles. The Bertz CT molecular complexity index is 525. The van der Waals surface area contributed by atoms with Gasteiger partial charge in [-0.05, 0) is 31.0 Å². The van der Waals surface area contributed by atoms with Gasteiger partial charge in [0, 0.05) is 31.6 Å². The van der Waals surface area contributed by atoms with Crippen molar-refractivity contribution in [2.45, 2.75) is 25.8 Å². The molecule has 1 aliphatic heterocycles. The lowest BCUT2D eigenvalue weighted by Gasteiger charge is -2.32. The maximum atomic E-state index is 13.4. The van der Waals surface area contributed by atoms with Crippen LogP contribution >= 0.6 is 0 Å². The van der Waals surface area contributed by atoms with E-state index in [1.807, 2.05) is 0 Å². The molecule has 3 N–H and O–H groups in total. The van der Waals surface area contributed by atoms with Crippen molar-refractivity contribution >= 4 is 17.5 Å². The Kier molecular flexibility index (Phi) is 4.22. The molecule has 0 aromatic heterocycles. The van der Waals surface area contributed by atoms with Gasteiger partial charge < -0.3 is 16.0 Å². The molecule has 20 heavy (non-hydrogen) atoms. The number of piperidine rings is 1. The van der Waals surface area contributed by atoms with Crippen molar-refractivity contribution in [3.63, 3.8) is 0 Å². The number of likely N-dealkylation sites (tertiary alicyclic amines) is 1. The van der Waals surface area contributed by atoms with Crippen LogP contribution in [-0.4, -0.2) is 35.8 Å². The monoisotopic (exact) mass is 279 g/mol. The summed E-state index contributed by atoms with van der Waals surface area (Å²) in [5.41, 5.74) is 5.73. The third-order valence-electron chi connectivity index (χ3n) is 3.44. The van der Waals surface area contributed by atoms with Crippen LogP contribution in [0.25, 0.3) is 0 Å². The van der Waals surface area contributed by atoms with Crippen molar-refractivity contribution in [2.24, 2.45) is 0 Å². The van der Waals surface area contributed by atoms with Crippen molar-refractivity contribution in [2.75, 3.05) is 18.8 Å². The minimum atomic E-state index is -0.580. The summed E-state index contributed by atoms with van der Waals surface area (Å²) in [6.45, 7) is 2.58. The van der Waals surface area contributed by atoms with E-state index in [2.05, 4.69) is 5.32 Å². The van der Waals surface area contributed by atoms with E-state index >= 15 is 0 Å². The molecule has 2 rings (SSSR count). The average molecular weight is 279 g/mol. The normalized spacial score (nSPS) is 16.0. The topological polar surface area (TPSA) is 75.4 Å². The van der Waals surface area contributed by atoms with Crippen molar-refractivity contribution < 1.29 is 14.0 Å². The zero-order chi connectivity index (χ0) is 14.7. The van der Waals surface area contributed by atoms with Crippen molar-refractivity contribution in [3.8, 4) is 0 Å². The van der Waals surface area contributed by atoms with Crippen LogP contribution in [0.5, 0.6) is 0 Å². The van der Waals surface area contributed by atoms with Crippen LogP contribution in [-0.2, 0) is 4.79 Å². The van der Waals surface area contributed by atoms with E-state index in [0.29, 0.717) is 31.5 Å². The summed E-state index contributed by atoms with van der Waals surface area (Å²) in [4.78, 5) is 24.9. The molecule has 1 heterocycles. The summed E-state index contributed by atoms with van der Waals surface area (Å²) in [5.74, 6) is -0.843. The maximum Gasteiger partial charge on any atom is 0.253 e. The smallest absolute Gasteiger partial charge is 0.253 e. The molecule has 1 aromatic rings. The first-order chi connectivity index (χ1) is 9.47. The zero-order valence-corrected chi connectivity index (χ0v) is 11.4. The molecule has 1 aromatic carbocycles. The Balaban J connectivity index is 1.97. The minimum Gasteiger partial charge on any atom is -0.396 e. The SMILES string of the molecule is CC(=O)NC1CCN(C(=O)c2ccc(N)c(F)c2)CC1. The highest BCUT2D eigenvalue weighted by molar-refractivity contribution is 5.94. The van der Waals surface area contributed by atoms with Crippen LogP contribution in [0.1, 0.15) is 30.1 Å². The number of hydrogen-bond acceptors (Lipinski definition) is 3. The van der Waals surface area contributed by atoms with Crippen LogP contribution in [0.4, 0.5) is 10.1 Å².